The highest BCUT2D eigenvalue weighted by Crippen LogP contribution is 1.97. The van der Waals surface area contributed by atoms with E-state index in [1.807, 2.05) is 0 Å². The smallest absolute Gasteiger partial charge is 0.276 e. The molecule has 0 rings (SSSR count). The fraction of sp³-hybridized carbons (Fsp3) is 1.00. The summed E-state index contributed by atoms with van der Waals surface area (Å²) in [6.07, 6.45) is -0.0967. The molecule has 0 amide bonds. The highest BCUT2D eigenvalue weighted by atomic mass is 32.2. The zero-order valence-corrected chi connectivity index (χ0v) is 8.35. The predicted octanol–water partition coefficient (Wildman–Crippen LogP) is -0.800. The molecular formula is C6H16N2O3S. The van der Waals surface area contributed by atoms with Gasteiger partial charge in [-0.1, -0.05) is 0 Å². The number of aliphatic hydroxyl groups is 1. The Hall–Kier alpha value is -0.170. The van der Waals surface area contributed by atoms with Crippen LogP contribution in [0.3, 0.4) is 0 Å². The average Bonchev–Trinajstić information content (AvgIpc) is 1.84. The van der Waals surface area contributed by atoms with E-state index in [0.29, 0.717) is 6.42 Å². The molecule has 0 aliphatic rings. The Kier molecular flexibility index (Phi) is 4.69. The lowest BCUT2D eigenvalue weighted by Gasteiger charge is -2.14. The van der Waals surface area contributed by atoms with Crippen molar-refractivity contribution in [1.82, 2.24) is 9.44 Å². The van der Waals surface area contributed by atoms with Gasteiger partial charge in [-0.25, -0.2) is 4.72 Å². The molecule has 0 bridgehead atoms. The van der Waals surface area contributed by atoms with Crippen molar-refractivity contribution in [2.45, 2.75) is 32.4 Å². The topological polar surface area (TPSA) is 78.4 Å². The summed E-state index contributed by atoms with van der Waals surface area (Å²) in [6, 6.07) is -0.262. The van der Waals surface area contributed by atoms with E-state index >= 15 is 0 Å². The van der Waals surface area contributed by atoms with Crippen LogP contribution in [-0.4, -0.2) is 32.7 Å². The minimum Gasteiger partial charge on any atom is -0.393 e. The summed E-state index contributed by atoms with van der Waals surface area (Å²) in [5.74, 6) is 0. The zero-order chi connectivity index (χ0) is 9.78. The first kappa shape index (κ1) is 11.8. The Balaban J connectivity index is 3.93. The molecular weight excluding hydrogens is 180 g/mol. The quantitative estimate of drug-likeness (QED) is 0.538. The molecule has 0 radical (unpaired) electrons. The summed E-state index contributed by atoms with van der Waals surface area (Å²) >= 11 is 0. The summed E-state index contributed by atoms with van der Waals surface area (Å²) in [5, 5.41) is 8.94. The van der Waals surface area contributed by atoms with Gasteiger partial charge in [0.15, 0.2) is 0 Å². The molecule has 5 nitrogen and oxygen atoms in total. The van der Waals surface area contributed by atoms with Crippen LogP contribution < -0.4 is 9.44 Å². The molecule has 0 saturated carbocycles. The van der Waals surface area contributed by atoms with Gasteiger partial charge >= 0.3 is 0 Å². The first-order valence-corrected chi connectivity index (χ1v) is 5.24. The Labute approximate surface area is 73.4 Å². The van der Waals surface area contributed by atoms with E-state index in [1.165, 1.54) is 7.05 Å². The fourth-order valence-corrected chi connectivity index (χ4v) is 1.63. The number of hydrogen-bond donors (Lipinski definition) is 3. The number of nitrogens with one attached hydrogen (secondary N) is 2. The van der Waals surface area contributed by atoms with Crippen LogP contribution in [0.15, 0.2) is 0 Å². The summed E-state index contributed by atoms with van der Waals surface area (Å²) in [5.41, 5.74) is 0. The number of hydrogen-bond acceptors (Lipinski definition) is 3. The van der Waals surface area contributed by atoms with Gasteiger partial charge in [0.1, 0.15) is 0 Å². The Morgan fingerprint density at radius 1 is 1.42 bits per heavy atom. The molecule has 0 heterocycles. The molecule has 3 N–H and O–H groups in total. The van der Waals surface area contributed by atoms with Gasteiger partial charge in [0.05, 0.1) is 6.10 Å². The van der Waals surface area contributed by atoms with E-state index in [-0.39, 0.29) is 6.04 Å². The maximum Gasteiger partial charge on any atom is 0.276 e. The molecule has 12 heavy (non-hydrogen) atoms. The Morgan fingerprint density at radius 2 is 1.92 bits per heavy atom. The Morgan fingerprint density at radius 3 is 2.25 bits per heavy atom. The van der Waals surface area contributed by atoms with Gasteiger partial charge in [0, 0.05) is 13.1 Å². The third-order valence-corrected chi connectivity index (χ3v) is 2.57. The molecule has 74 valence electrons. The maximum atomic E-state index is 10.9. The van der Waals surface area contributed by atoms with Gasteiger partial charge in [-0.15, -0.1) is 0 Å². The van der Waals surface area contributed by atoms with Crippen LogP contribution in [-0.2, 0) is 10.2 Å². The van der Waals surface area contributed by atoms with Crippen molar-refractivity contribution in [2.24, 2.45) is 0 Å². The van der Waals surface area contributed by atoms with E-state index in [1.54, 1.807) is 13.8 Å². The first-order valence-electron chi connectivity index (χ1n) is 3.76. The van der Waals surface area contributed by atoms with E-state index in [0.717, 1.165) is 0 Å². The van der Waals surface area contributed by atoms with Crippen molar-refractivity contribution in [1.29, 1.82) is 0 Å². The van der Waals surface area contributed by atoms with Gasteiger partial charge < -0.3 is 5.11 Å². The molecule has 0 aliphatic carbocycles. The highest BCUT2D eigenvalue weighted by Gasteiger charge is 2.12. The minimum atomic E-state index is -3.38. The van der Waals surface area contributed by atoms with Crippen molar-refractivity contribution in [3.8, 4) is 0 Å². The molecule has 0 aliphatic heterocycles. The van der Waals surface area contributed by atoms with Gasteiger partial charge in [-0.05, 0) is 20.3 Å². The molecule has 2 unspecified atom stereocenters. The van der Waals surface area contributed by atoms with Gasteiger partial charge in [-0.3, -0.25) is 0 Å². The Bertz CT molecular complexity index is 213. The van der Waals surface area contributed by atoms with Crippen LogP contribution >= 0.6 is 0 Å². The SMILES string of the molecule is CNS(=O)(=O)NC(C)CC(C)O. The number of rotatable bonds is 5. The summed E-state index contributed by atoms with van der Waals surface area (Å²) in [4.78, 5) is 0. The molecule has 0 fully saturated rings. The van der Waals surface area contributed by atoms with Gasteiger partial charge in [0.2, 0.25) is 0 Å². The average molecular weight is 196 g/mol. The van der Waals surface area contributed by atoms with E-state index in [9.17, 15) is 8.42 Å². The van der Waals surface area contributed by atoms with Gasteiger partial charge in [-0.2, -0.15) is 13.1 Å². The van der Waals surface area contributed by atoms with Crippen molar-refractivity contribution in [3.63, 3.8) is 0 Å². The molecule has 6 heteroatoms. The highest BCUT2D eigenvalue weighted by molar-refractivity contribution is 7.87. The third kappa shape index (κ3) is 5.48. The molecule has 0 aromatic carbocycles. The standard InChI is InChI=1S/C6H16N2O3S/c1-5(4-6(2)9)8-12(10,11)7-3/h5-9H,4H2,1-3H3. The van der Waals surface area contributed by atoms with E-state index in [2.05, 4.69) is 9.44 Å². The summed E-state index contributed by atoms with van der Waals surface area (Å²) < 4.78 is 26.2. The molecule has 0 spiro atoms. The zero-order valence-electron chi connectivity index (χ0n) is 7.53. The van der Waals surface area contributed by atoms with Crippen LogP contribution in [0.1, 0.15) is 20.3 Å². The molecule has 2 atom stereocenters. The van der Waals surface area contributed by atoms with Crippen LogP contribution in [0.4, 0.5) is 0 Å². The van der Waals surface area contributed by atoms with Crippen molar-refractivity contribution >= 4 is 10.2 Å². The fourth-order valence-electron chi connectivity index (χ4n) is 0.884. The second-order valence-corrected chi connectivity index (χ2v) is 4.46. The van der Waals surface area contributed by atoms with Crippen LogP contribution in [0, 0.1) is 0 Å². The molecule has 0 aromatic rings. The van der Waals surface area contributed by atoms with Crippen LogP contribution in [0.25, 0.3) is 0 Å². The first-order chi connectivity index (χ1) is 5.37. The van der Waals surface area contributed by atoms with E-state index in [4.69, 9.17) is 5.11 Å². The van der Waals surface area contributed by atoms with Crippen molar-refractivity contribution in [2.75, 3.05) is 7.05 Å². The normalized spacial score (nSPS) is 17.3. The van der Waals surface area contributed by atoms with Crippen LogP contribution in [0.2, 0.25) is 0 Å². The third-order valence-electron chi connectivity index (χ3n) is 1.32. The van der Waals surface area contributed by atoms with Crippen molar-refractivity contribution < 1.29 is 13.5 Å². The summed E-state index contributed by atoms with van der Waals surface area (Å²) in [6.45, 7) is 3.31. The van der Waals surface area contributed by atoms with Crippen molar-refractivity contribution in [3.05, 3.63) is 0 Å². The second-order valence-electron chi connectivity index (χ2n) is 2.81. The van der Waals surface area contributed by atoms with Gasteiger partial charge in [0.25, 0.3) is 10.2 Å². The summed E-state index contributed by atoms with van der Waals surface area (Å²) in [7, 11) is -2.04. The lowest BCUT2D eigenvalue weighted by Crippen LogP contribution is -2.40. The lowest BCUT2D eigenvalue weighted by atomic mass is 10.2. The maximum absolute atomic E-state index is 10.9. The van der Waals surface area contributed by atoms with Crippen LogP contribution in [0.5, 0.6) is 0 Å². The minimum absolute atomic E-state index is 0.262. The largest absolute Gasteiger partial charge is 0.393 e. The monoisotopic (exact) mass is 196 g/mol. The van der Waals surface area contributed by atoms with E-state index < -0.39 is 16.3 Å². The molecule has 0 saturated heterocycles. The number of aliphatic hydroxyl groups excluding tert-OH is 1. The lowest BCUT2D eigenvalue weighted by molar-refractivity contribution is 0.175. The predicted molar refractivity (Wildman–Crippen MR) is 46.9 cm³/mol. The molecule has 0 aromatic heterocycles. The second kappa shape index (κ2) is 4.76.